The second-order valence-corrected chi connectivity index (χ2v) is 7.16. The number of fused-ring (bicyclic) bond motifs is 1. The molecule has 0 fully saturated rings. The summed E-state index contributed by atoms with van der Waals surface area (Å²) in [7, 11) is 0. The van der Waals surface area contributed by atoms with Crippen LogP contribution in [0.15, 0.2) is 60.4 Å². The van der Waals surface area contributed by atoms with Crippen molar-refractivity contribution in [3.05, 3.63) is 77.4 Å². The highest BCUT2D eigenvalue weighted by molar-refractivity contribution is 7.16. The van der Waals surface area contributed by atoms with Crippen LogP contribution in [0.1, 0.15) is 30.8 Å². The largest absolute Gasteiger partial charge is 0.432 e. The van der Waals surface area contributed by atoms with Gasteiger partial charge in [-0.1, -0.05) is 36.4 Å². The lowest BCUT2D eigenvalue weighted by Gasteiger charge is -2.02. The van der Waals surface area contributed by atoms with Gasteiger partial charge in [0.2, 0.25) is 6.41 Å². The molecule has 3 rings (SSSR count). The predicted octanol–water partition coefficient (Wildman–Crippen LogP) is 5.91. The Morgan fingerprint density at radius 1 is 1.23 bits per heavy atom. The molecule has 0 saturated carbocycles. The van der Waals surface area contributed by atoms with E-state index in [-0.39, 0.29) is 10.6 Å². The average Bonchev–Trinajstić information content (AvgIpc) is 3.30. The number of nitrogens with one attached hydrogen (secondary N) is 1. The molecule has 0 aromatic carbocycles. The number of carbonyl (C=O) groups excluding carboxylic acids is 1. The van der Waals surface area contributed by atoms with Gasteiger partial charge < -0.3 is 5.32 Å². The Morgan fingerprint density at radius 2 is 1.97 bits per heavy atom. The summed E-state index contributed by atoms with van der Waals surface area (Å²) in [5.41, 5.74) is 3.78. The van der Waals surface area contributed by atoms with Gasteiger partial charge in [-0.25, -0.2) is 4.98 Å². The molecule has 0 bridgehead atoms. The molecule has 1 N–H and O–H groups in total. The van der Waals surface area contributed by atoms with Gasteiger partial charge in [-0.2, -0.15) is 13.2 Å². The molecule has 3 aromatic rings. The summed E-state index contributed by atoms with van der Waals surface area (Å²) in [6, 6.07) is 4.11. The van der Waals surface area contributed by atoms with Crippen molar-refractivity contribution >= 4 is 34.0 Å². The van der Waals surface area contributed by atoms with Crippen molar-refractivity contribution < 1.29 is 18.0 Å². The van der Waals surface area contributed by atoms with Gasteiger partial charge >= 0.3 is 6.18 Å². The van der Waals surface area contributed by atoms with Gasteiger partial charge in [-0.15, -0.1) is 11.3 Å². The number of aromatic nitrogens is 3. The maximum atomic E-state index is 12.4. The zero-order valence-corrected chi connectivity index (χ0v) is 17.5. The number of halogens is 3. The Kier molecular flexibility index (Phi) is 7.71. The Balaban J connectivity index is 0.000000214. The first-order valence-corrected chi connectivity index (χ1v) is 9.68. The van der Waals surface area contributed by atoms with Gasteiger partial charge in [0.1, 0.15) is 16.9 Å². The smallest absolute Gasteiger partial charge is 0.311 e. The SMILES string of the molecule is C=C/C(C)=C\C=C(/C)c1ccc(C)nc1.O=CNc1ncn2c(C(F)(F)F)csc12. The third kappa shape index (κ3) is 5.90. The van der Waals surface area contributed by atoms with Crippen molar-refractivity contribution in [2.45, 2.75) is 26.9 Å². The zero-order valence-electron chi connectivity index (χ0n) is 16.7. The van der Waals surface area contributed by atoms with Gasteiger partial charge in [0.25, 0.3) is 0 Å². The quantitative estimate of drug-likeness (QED) is 0.401. The van der Waals surface area contributed by atoms with Crippen LogP contribution in [0.4, 0.5) is 19.0 Å². The summed E-state index contributed by atoms with van der Waals surface area (Å²) in [5.74, 6) is 0.130. The van der Waals surface area contributed by atoms with Crippen LogP contribution in [0, 0.1) is 6.92 Å². The molecule has 0 spiro atoms. The molecule has 9 heteroatoms. The number of thiazole rings is 1. The third-order valence-electron chi connectivity index (χ3n) is 4.04. The minimum absolute atomic E-state index is 0.130. The van der Waals surface area contributed by atoms with Crippen molar-refractivity contribution in [2.75, 3.05) is 5.32 Å². The average molecular weight is 434 g/mol. The molecule has 3 heterocycles. The number of alkyl halides is 3. The van der Waals surface area contributed by atoms with Crippen LogP contribution < -0.4 is 5.32 Å². The van der Waals surface area contributed by atoms with E-state index < -0.39 is 11.9 Å². The molecule has 0 atom stereocenters. The minimum Gasteiger partial charge on any atom is -0.311 e. The van der Waals surface area contributed by atoms with Gasteiger partial charge in [-0.3, -0.25) is 14.2 Å². The number of anilines is 1. The van der Waals surface area contributed by atoms with E-state index in [9.17, 15) is 18.0 Å². The van der Waals surface area contributed by atoms with E-state index in [0.717, 1.165) is 44.3 Å². The second-order valence-electron chi connectivity index (χ2n) is 6.30. The van der Waals surface area contributed by atoms with Crippen LogP contribution in [-0.4, -0.2) is 20.8 Å². The van der Waals surface area contributed by atoms with Gasteiger partial charge in [0, 0.05) is 17.3 Å². The Morgan fingerprint density at radius 3 is 2.53 bits per heavy atom. The number of hydrogen-bond donors (Lipinski definition) is 1. The third-order valence-corrected chi connectivity index (χ3v) is 4.99. The highest BCUT2D eigenvalue weighted by Gasteiger charge is 2.34. The fourth-order valence-electron chi connectivity index (χ4n) is 2.27. The number of allylic oxidation sites excluding steroid dienone is 5. The van der Waals surface area contributed by atoms with Crippen molar-refractivity contribution in [2.24, 2.45) is 0 Å². The Hall–Kier alpha value is -3.20. The monoisotopic (exact) mass is 434 g/mol. The van der Waals surface area contributed by atoms with Crippen LogP contribution in [0.2, 0.25) is 0 Å². The molecule has 0 aliphatic rings. The lowest BCUT2D eigenvalue weighted by molar-refractivity contribution is -0.141. The molecular formula is C21H21F3N4OS. The highest BCUT2D eigenvalue weighted by Crippen LogP contribution is 2.34. The first-order chi connectivity index (χ1) is 14.2. The molecule has 1 amide bonds. The van der Waals surface area contributed by atoms with E-state index in [1.807, 2.05) is 32.2 Å². The molecule has 158 valence electrons. The second kappa shape index (κ2) is 10.0. The maximum absolute atomic E-state index is 12.4. The molecular weight excluding hydrogens is 413 g/mol. The highest BCUT2D eigenvalue weighted by atomic mass is 32.1. The summed E-state index contributed by atoms with van der Waals surface area (Å²) in [4.78, 5) is 18.3. The van der Waals surface area contributed by atoms with E-state index >= 15 is 0 Å². The van der Waals surface area contributed by atoms with Crippen molar-refractivity contribution in [3.63, 3.8) is 0 Å². The van der Waals surface area contributed by atoms with Crippen molar-refractivity contribution in [1.82, 2.24) is 14.4 Å². The van der Waals surface area contributed by atoms with Gasteiger partial charge in [0.15, 0.2) is 5.82 Å². The summed E-state index contributed by atoms with van der Waals surface area (Å²) in [5, 5.41) is 3.21. The van der Waals surface area contributed by atoms with Crippen molar-refractivity contribution in [1.29, 1.82) is 0 Å². The molecule has 0 unspecified atom stereocenters. The summed E-state index contributed by atoms with van der Waals surface area (Å²) in [6.07, 6.45) is 4.87. The van der Waals surface area contributed by atoms with Crippen LogP contribution >= 0.6 is 11.3 Å². The van der Waals surface area contributed by atoms with E-state index in [2.05, 4.69) is 47.0 Å². The van der Waals surface area contributed by atoms with E-state index in [0.29, 0.717) is 6.41 Å². The van der Waals surface area contributed by atoms with Crippen LogP contribution in [-0.2, 0) is 11.0 Å². The number of amides is 1. The van der Waals surface area contributed by atoms with Crippen LogP contribution in [0.3, 0.4) is 0 Å². The number of nitrogens with zero attached hydrogens (tertiary/aromatic N) is 3. The predicted molar refractivity (Wildman–Crippen MR) is 114 cm³/mol. The number of pyridine rings is 1. The van der Waals surface area contributed by atoms with Crippen LogP contribution in [0.5, 0.6) is 0 Å². The fraction of sp³-hybridized carbons (Fsp3) is 0.190. The van der Waals surface area contributed by atoms with E-state index in [1.165, 1.54) is 5.57 Å². The van der Waals surface area contributed by atoms with E-state index in [1.54, 1.807) is 0 Å². The molecule has 0 aliphatic carbocycles. The Labute approximate surface area is 176 Å². The number of rotatable bonds is 5. The first kappa shape index (κ1) is 23.1. The molecule has 30 heavy (non-hydrogen) atoms. The number of aryl methyl sites for hydroxylation is 1. The summed E-state index contributed by atoms with van der Waals surface area (Å²) >= 11 is 0.873. The van der Waals surface area contributed by atoms with Gasteiger partial charge in [-0.05, 0) is 38.0 Å². The number of hydrogen-bond acceptors (Lipinski definition) is 4. The zero-order chi connectivity index (χ0) is 22.3. The standard InChI is InChI=1S/C14H17N.C7H4F3N3OS/c1-5-11(2)6-7-12(3)14-9-8-13(4)15-10-14;8-7(9,10)4-1-15-6-5(12-3-14)11-2-13(4)6/h5-10H,1H2,2-4H3;1-3H,(H,12,14)/b11-6-,12-7+;. The van der Waals surface area contributed by atoms with E-state index in [4.69, 9.17) is 0 Å². The number of imidazole rings is 1. The Bertz CT molecular complexity index is 1080. The van der Waals surface area contributed by atoms with Gasteiger partial charge in [0.05, 0.1) is 0 Å². The number of carbonyl (C=O) groups is 1. The summed E-state index contributed by atoms with van der Waals surface area (Å²) < 4.78 is 38.1. The molecule has 0 radical (unpaired) electrons. The molecule has 5 nitrogen and oxygen atoms in total. The maximum Gasteiger partial charge on any atom is 0.432 e. The summed E-state index contributed by atoms with van der Waals surface area (Å²) in [6.45, 7) is 9.82. The first-order valence-electron chi connectivity index (χ1n) is 8.80. The topological polar surface area (TPSA) is 59.3 Å². The van der Waals surface area contributed by atoms with Crippen LogP contribution in [0.25, 0.3) is 10.4 Å². The molecule has 0 saturated heterocycles. The van der Waals surface area contributed by atoms with Crippen molar-refractivity contribution in [3.8, 4) is 0 Å². The lowest BCUT2D eigenvalue weighted by Crippen LogP contribution is -2.07. The fourth-order valence-corrected chi connectivity index (χ4v) is 3.22. The normalized spacial score (nSPS) is 12.3. The lowest BCUT2D eigenvalue weighted by atomic mass is 10.1. The minimum atomic E-state index is -4.42. The molecule has 3 aromatic heterocycles. The molecule has 0 aliphatic heterocycles.